The Hall–Kier alpha value is -9.79. The highest BCUT2D eigenvalue weighted by atomic mass is 32.1. The number of fused-ring (bicyclic) bond motifs is 2. The Kier molecular flexibility index (Phi) is 18.9. The van der Waals surface area contributed by atoms with Gasteiger partial charge in [0.1, 0.15) is 77.9 Å². The van der Waals surface area contributed by atoms with Crippen molar-refractivity contribution >= 4 is 94.0 Å². The number of anilines is 2. The summed E-state index contributed by atoms with van der Waals surface area (Å²) < 4.78 is 31.7. The number of carbonyl (C=O) groups excluding carboxylic acids is 7. The molecule has 0 bridgehead atoms. The third-order valence-electron chi connectivity index (χ3n) is 13.4. The van der Waals surface area contributed by atoms with E-state index < -0.39 is 59.9 Å². The van der Waals surface area contributed by atoms with Crippen LogP contribution in [0.25, 0.3) is 44.1 Å². The summed E-state index contributed by atoms with van der Waals surface area (Å²) in [5.41, 5.74) is 4.26. The number of rotatable bonds is 14. The second-order valence-corrected chi connectivity index (χ2v) is 19.1. The SMILES string of the molecule is C.CC(=O)c1nn(CC(=O)N2C[C@H](F)C[C@H]2C(=O)Nc2cccc(C(=O)O)n2)c2ccc(-c3cnc(C)nc3)cc12.CNC(=O)c1cccc(NC(=O)[C@@H]2C[C@@H](F)CN2C(=O)Cn2nc(C(C)=O)c3cc(-c4cnc(C)nc4)ccc32)n1.S. The first-order chi connectivity index (χ1) is 38.7. The molecule has 2 fully saturated rings. The van der Waals surface area contributed by atoms with Crippen molar-refractivity contribution in [3.63, 3.8) is 0 Å². The Morgan fingerprint density at radius 2 is 0.988 bits per heavy atom. The van der Waals surface area contributed by atoms with Crippen LogP contribution in [0.15, 0.2) is 97.6 Å². The van der Waals surface area contributed by atoms with Crippen molar-refractivity contribution in [2.45, 2.75) is 85.5 Å². The average molecular weight is 1150 g/mol. The molecule has 0 unspecified atom stereocenters. The second-order valence-electron chi connectivity index (χ2n) is 19.1. The molecule has 5 amide bonds. The van der Waals surface area contributed by atoms with E-state index in [-0.39, 0.29) is 106 Å². The molecule has 83 heavy (non-hydrogen) atoms. The van der Waals surface area contributed by atoms with Gasteiger partial charge in [0.25, 0.3) is 5.91 Å². The van der Waals surface area contributed by atoms with Gasteiger partial charge in [-0.1, -0.05) is 31.7 Å². The van der Waals surface area contributed by atoms with Crippen LogP contribution in [0.3, 0.4) is 0 Å². The molecule has 8 heterocycles. The van der Waals surface area contributed by atoms with E-state index in [1.807, 2.05) is 6.07 Å². The summed E-state index contributed by atoms with van der Waals surface area (Å²) in [6.45, 7) is 5.11. The lowest BCUT2D eigenvalue weighted by atomic mass is 10.0. The number of ketones is 2. The Balaban J connectivity index is 0.000000233. The number of amides is 5. The van der Waals surface area contributed by atoms with E-state index >= 15 is 0 Å². The van der Waals surface area contributed by atoms with Gasteiger partial charge in [0.2, 0.25) is 23.6 Å². The molecule has 0 radical (unpaired) electrons. The lowest BCUT2D eigenvalue weighted by molar-refractivity contribution is -0.137. The normalized spacial score (nSPS) is 16.2. The summed E-state index contributed by atoms with van der Waals surface area (Å²) in [6.07, 6.45) is 3.46. The molecular weight excluding hydrogens is 1100 g/mol. The number of hydrogen-bond acceptors (Lipinski definition) is 16. The summed E-state index contributed by atoms with van der Waals surface area (Å²) in [4.78, 5) is 128. The minimum Gasteiger partial charge on any atom is -0.477 e. The van der Waals surface area contributed by atoms with Gasteiger partial charge in [0.05, 0.1) is 24.1 Å². The second kappa shape index (κ2) is 25.8. The van der Waals surface area contributed by atoms with Crippen molar-refractivity contribution in [2.24, 2.45) is 0 Å². The molecule has 0 aliphatic carbocycles. The summed E-state index contributed by atoms with van der Waals surface area (Å²) in [5, 5.41) is 26.4. The Morgan fingerprint density at radius 3 is 1.37 bits per heavy atom. The van der Waals surface area contributed by atoms with Crippen LogP contribution in [-0.2, 0) is 32.3 Å². The smallest absolute Gasteiger partial charge is 0.354 e. The predicted octanol–water partition coefficient (Wildman–Crippen LogP) is 5.76. The maximum absolute atomic E-state index is 14.5. The van der Waals surface area contributed by atoms with E-state index in [9.17, 15) is 47.1 Å². The van der Waals surface area contributed by atoms with Gasteiger partial charge in [-0.2, -0.15) is 23.7 Å². The van der Waals surface area contributed by atoms with Gasteiger partial charge in [0.15, 0.2) is 17.3 Å². The highest BCUT2D eigenvalue weighted by molar-refractivity contribution is 7.59. The lowest BCUT2D eigenvalue weighted by Gasteiger charge is -2.23. The molecule has 6 aromatic heterocycles. The third-order valence-corrected chi connectivity index (χ3v) is 13.4. The zero-order chi connectivity index (χ0) is 57.8. The standard InChI is InChI=1S/C28H27FN8O4.C27H24FN7O5.CH4.H2S/c1-15(38)26-20-9-17(18-11-31-16(2)32-12-18)7-8-22(20)37(35-26)14-25(39)36-13-19(29)10-23(36)28(41)34-24-6-4-5-21(33-24)27(40)30-3;1-14(36)25-19-8-16(17-10-29-15(2)30-11-17)6-7-21(19)35(33-25)13-24(37)34-12-18(28)9-22(34)26(38)32-23-5-3-4-20(31-23)27(39)40;;/h4-9,11-12,19,23H,10,13-14H2,1-3H3,(H,30,40)(H,33,34,41);3-8,10-11,18,22H,9,12-13H2,1-2H3,(H,39,40)(H,31,32,38);1H4;1H2/t19-,23+;18-,22+;;/m11../s1. The molecule has 2 aliphatic rings. The highest BCUT2D eigenvalue weighted by Crippen LogP contribution is 2.30. The van der Waals surface area contributed by atoms with Crippen LogP contribution in [0.1, 0.15) is 87.7 Å². The fourth-order valence-corrected chi connectivity index (χ4v) is 9.42. The van der Waals surface area contributed by atoms with Crippen molar-refractivity contribution in [3.8, 4) is 22.3 Å². The summed E-state index contributed by atoms with van der Waals surface area (Å²) >= 11 is 0. The van der Waals surface area contributed by atoms with Gasteiger partial charge in [-0.25, -0.2) is 43.5 Å². The number of halogens is 2. The first kappa shape index (κ1) is 60.8. The average Bonchev–Trinajstić information content (AvgIpc) is 4.40. The van der Waals surface area contributed by atoms with Crippen LogP contribution in [0.5, 0.6) is 0 Å². The molecule has 8 aromatic rings. The van der Waals surface area contributed by atoms with Gasteiger partial charge in [-0.15, -0.1) is 0 Å². The Labute approximate surface area is 479 Å². The van der Waals surface area contributed by atoms with Crippen LogP contribution in [-0.4, -0.2) is 156 Å². The fourth-order valence-electron chi connectivity index (χ4n) is 9.42. The highest BCUT2D eigenvalue weighted by Gasteiger charge is 2.42. The van der Waals surface area contributed by atoms with Crippen molar-refractivity contribution in [2.75, 3.05) is 30.8 Å². The number of aromatic nitrogens is 10. The van der Waals surface area contributed by atoms with Gasteiger partial charge >= 0.3 is 5.97 Å². The van der Waals surface area contributed by atoms with Gasteiger partial charge in [-0.3, -0.25) is 42.9 Å². The van der Waals surface area contributed by atoms with Crippen LogP contribution >= 0.6 is 13.5 Å². The molecular formula is C56H57F2N15O9S. The lowest BCUT2D eigenvalue weighted by Crippen LogP contribution is -2.44. The molecule has 4 atom stereocenters. The van der Waals surface area contributed by atoms with Crippen LogP contribution in [0, 0.1) is 13.8 Å². The van der Waals surface area contributed by atoms with E-state index in [0.717, 1.165) is 27.2 Å². The largest absolute Gasteiger partial charge is 0.477 e. The molecule has 2 saturated heterocycles. The van der Waals surface area contributed by atoms with Crippen LogP contribution in [0.2, 0.25) is 0 Å². The molecule has 27 heteroatoms. The van der Waals surface area contributed by atoms with Crippen molar-refractivity contribution in [1.82, 2.24) is 64.6 Å². The van der Waals surface area contributed by atoms with Crippen molar-refractivity contribution in [1.29, 1.82) is 0 Å². The Bertz CT molecular complexity index is 3820. The predicted molar refractivity (Wildman–Crippen MR) is 304 cm³/mol. The molecule has 2 aromatic carbocycles. The van der Waals surface area contributed by atoms with Gasteiger partial charge in [-0.05, 0) is 73.5 Å². The number of benzene rings is 2. The first-order valence-corrected chi connectivity index (χ1v) is 25.2. The van der Waals surface area contributed by atoms with E-state index in [2.05, 4.69) is 56.1 Å². The number of aromatic carboxylic acids is 1. The van der Waals surface area contributed by atoms with E-state index in [0.29, 0.717) is 33.5 Å². The number of pyridine rings is 2. The van der Waals surface area contributed by atoms with Crippen molar-refractivity contribution in [3.05, 3.63) is 132 Å². The summed E-state index contributed by atoms with van der Waals surface area (Å²) in [6, 6.07) is 17.0. The number of nitrogens with zero attached hydrogens (tertiary/aromatic N) is 12. The number of hydrogen-bond donors (Lipinski definition) is 4. The number of alkyl halides is 2. The van der Waals surface area contributed by atoms with E-state index in [4.69, 9.17) is 5.11 Å². The number of carboxylic acid groups (broad SMARTS) is 1. The molecule has 24 nitrogen and oxygen atoms in total. The first-order valence-electron chi connectivity index (χ1n) is 25.2. The monoisotopic (exact) mass is 1150 g/mol. The van der Waals surface area contributed by atoms with Crippen LogP contribution in [0.4, 0.5) is 20.4 Å². The van der Waals surface area contributed by atoms with Gasteiger partial charge < -0.3 is 30.9 Å². The minimum absolute atomic E-state index is 0. The third kappa shape index (κ3) is 13.5. The van der Waals surface area contributed by atoms with Crippen molar-refractivity contribution < 1.29 is 52.2 Å². The van der Waals surface area contributed by atoms with E-state index in [1.165, 1.54) is 65.5 Å². The number of carbonyl (C=O) groups is 8. The molecule has 10 rings (SSSR count). The summed E-state index contributed by atoms with van der Waals surface area (Å²) in [5.74, 6) is -3.38. The molecule has 4 N–H and O–H groups in total. The Morgan fingerprint density at radius 1 is 0.590 bits per heavy atom. The number of nitrogens with one attached hydrogen (secondary N) is 3. The topological polar surface area (TPSA) is 312 Å². The molecule has 2 aliphatic heterocycles. The maximum atomic E-state index is 14.5. The maximum Gasteiger partial charge on any atom is 0.354 e. The number of carboxylic acids is 1. The molecule has 430 valence electrons. The zero-order valence-electron chi connectivity index (χ0n) is 44.6. The molecule has 0 saturated carbocycles. The zero-order valence-corrected chi connectivity index (χ0v) is 45.6. The molecule has 0 spiro atoms. The van der Waals surface area contributed by atoms with Gasteiger partial charge in [0, 0.05) is 80.4 Å². The summed E-state index contributed by atoms with van der Waals surface area (Å²) in [7, 11) is 1.46. The van der Waals surface area contributed by atoms with Crippen LogP contribution < -0.4 is 16.0 Å². The quantitative estimate of drug-likeness (QED) is 0.0940. The minimum atomic E-state index is -1.43. The number of Topliss-reactive ketones (excluding diaryl/α,β-unsaturated/α-hetero) is 2. The van der Waals surface area contributed by atoms with E-state index in [1.54, 1.807) is 75.0 Å². The number of likely N-dealkylation sites (tertiary alicyclic amines) is 2. The fraction of sp³-hybridized carbons (Fsp3) is 0.286. The number of aryl methyl sites for hydroxylation is 2.